The number of hydrogen-bond donors (Lipinski definition) is 0. The molecular formula is C9H7ClF3NO2. The number of rotatable bonds is 1. The number of hydrogen-bond acceptors (Lipinski definition) is 3. The van der Waals surface area contributed by atoms with Gasteiger partial charge in [-0.2, -0.15) is 13.2 Å². The van der Waals surface area contributed by atoms with Crippen molar-refractivity contribution in [1.29, 1.82) is 0 Å². The Bertz CT molecular complexity index is 396. The minimum atomic E-state index is -4.48. The summed E-state index contributed by atoms with van der Waals surface area (Å²) in [6.07, 6.45) is -3.30. The maximum absolute atomic E-state index is 12.3. The predicted molar refractivity (Wildman–Crippen MR) is 52.1 cm³/mol. The van der Waals surface area contributed by atoms with Gasteiger partial charge in [0.25, 0.3) is 0 Å². The molecular weight excluding hydrogens is 247 g/mol. The highest BCUT2D eigenvalue weighted by Crippen LogP contribution is 2.30. The summed E-state index contributed by atoms with van der Waals surface area (Å²) in [4.78, 5) is 14.5. The highest BCUT2D eigenvalue weighted by atomic mass is 35.5. The molecule has 1 aliphatic heterocycles. The van der Waals surface area contributed by atoms with Crippen molar-refractivity contribution in [2.45, 2.75) is 12.6 Å². The summed E-state index contributed by atoms with van der Waals surface area (Å²) >= 11 is 5.55. The molecule has 16 heavy (non-hydrogen) atoms. The zero-order valence-corrected chi connectivity index (χ0v) is 8.89. The van der Waals surface area contributed by atoms with Crippen molar-refractivity contribution in [3.63, 3.8) is 0 Å². The van der Waals surface area contributed by atoms with Gasteiger partial charge in [0, 0.05) is 6.20 Å². The number of halogens is 4. The number of carbonyl (C=O) groups excluding carboxylic acids is 1. The molecule has 0 aromatic carbocycles. The van der Waals surface area contributed by atoms with Gasteiger partial charge in [0.15, 0.2) is 0 Å². The third kappa shape index (κ3) is 2.85. The standard InChI is InChI=1S/C9H7ClF3NO2/c1-16-8(15)6-3-2-5(9(11,12)13)4-14-7(6)10/h3-4H,2H2,1H3. The van der Waals surface area contributed by atoms with Crippen molar-refractivity contribution < 1.29 is 22.7 Å². The largest absolute Gasteiger partial charge is 0.465 e. The second-order valence-corrected chi connectivity index (χ2v) is 3.24. The molecule has 3 nitrogen and oxygen atoms in total. The maximum atomic E-state index is 12.3. The molecule has 0 amide bonds. The molecule has 7 heteroatoms. The van der Waals surface area contributed by atoms with Crippen LogP contribution in [0.25, 0.3) is 0 Å². The number of ether oxygens (including phenoxy) is 1. The minimum Gasteiger partial charge on any atom is -0.465 e. The first-order valence-electron chi connectivity index (χ1n) is 4.14. The van der Waals surface area contributed by atoms with Crippen molar-refractivity contribution in [2.75, 3.05) is 7.11 Å². The Morgan fingerprint density at radius 3 is 2.69 bits per heavy atom. The van der Waals surface area contributed by atoms with E-state index in [9.17, 15) is 18.0 Å². The van der Waals surface area contributed by atoms with Crippen LogP contribution in [0.2, 0.25) is 0 Å². The van der Waals surface area contributed by atoms with E-state index in [4.69, 9.17) is 11.6 Å². The zero-order chi connectivity index (χ0) is 12.3. The summed E-state index contributed by atoms with van der Waals surface area (Å²) < 4.78 is 41.4. The van der Waals surface area contributed by atoms with Crippen LogP contribution in [-0.4, -0.2) is 24.4 Å². The first kappa shape index (κ1) is 12.8. The van der Waals surface area contributed by atoms with Crippen LogP contribution in [0.1, 0.15) is 6.42 Å². The Hall–Kier alpha value is -1.30. The molecule has 0 N–H and O–H groups in total. The van der Waals surface area contributed by atoms with Crippen LogP contribution in [0, 0.1) is 0 Å². The molecule has 0 radical (unpaired) electrons. The third-order valence-corrected chi connectivity index (χ3v) is 2.15. The van der Waals surface area contributed by atoms with Gasteiger partial charge in [-0.25, -0.2) is 9.79 Å². The Labute approximate surface area is 94.2 Å². The number of aliphatic imine (C=N–C) groups is 1. The second-order valence-electron chi connectivity index (χ2n) is 2.89. The molecule has 0 aliphatic carbocycles. The van der Waals surface area contributed by atoms with E-state index in [1.54, 1.807) is 0 Å². The molecule has 0 bridgehead atoms. The first-order chi connectivity index (χ1) is 7.36. The molecule has 0 aromatic rings. The van der Waals surface area contributed by atoms with Gasteiger partial charge in [0.2, 0.25) is 0 Å². The molecule has 0 saturated heterocycles. The lowest BCUT2D eigenvalue weighted by Crippen LogP contribution is -2.11. The highest BCUT2D eigenvalue weighted by molar-refractivity contribution is 6.72. The summed E-state index contributed by atoms with van der Waals surface area (Å²) in [6.45, 7) is 0. The number of methoxy groups -OCH3 is 1. The lowest BCUT2D eigenvalue weighted by molar-refractivity contribution is -0.135. The van der Waals surface area contributed by atoms with Gasteiger partial charge >= 0.3 is 12.1 Å². The number of alkyl halides is 3. The predicted octanol–water partition coefficient (Wildman–Crippen LogP) is 2.57. The van der Waals surface area contributed by atoms with Crippen LogP contribution >= 0.6 is 11.6 Å². The van der Waals surface area contributed by atoms with E-state index in [2.05, 4.69) is 9.73 Å². The monoisotopic (exact) mass is 253 g/mol. The van der Waals surface area contributed by atoms with Gasteiger partial charge in [0.1, 0.15) is 5.17 Å². The quantitative estimate of drug-likeness (QED) is 0.674. The van der Waals surface area contributed by atoms with Crippen LogP contribution in [-0.2, 0) is 9.53 Å². The maximum Gasteiger partial charge on any atom is 0.414 e. The highest BCUT2D eigenvalue weighted by Gasteiger charge is 2.34. The van der Waals surface area contributed by atoms with E-state index in [-0.39, 0.29) is 10.7 Å². The summed E-state index contributed by atoms with van der Waals surface area (Å²) in [7, 11) is 1.11. The molecule has 0 atom stereocenters. The average Bonchev–Trinajstić information content (AvgIpc) is 2.38. The molecule has 0 unspecified atom stereocenters. The third-order valence-electron chi connectivity index (χ3n) is 1.85. The Morgan fingerprint density at radius 2 is 2.19 bits per heavy atom. The lowest BCUT2D eigenvalue weighted by atomic mass is 10.1. The van der Waals surface area contributed by atoms with E-state index >= 15 is 0 Å². The molecule has 0 fully saturated rings. The van der Waals surface area contributed by atoms with E-state index < -0.39 is 24.1 Å². The van der Waals surface area contributed by atoms with Crippen molar-refractivity contribution in [1.82, 2.24) is 0 Å². The number of nitrogens with zero attached hydrogens (tertiary/aromatic N) is 1. The topological polar surface area (TPSA) is 38.7 Å². The van der Waals surface area contributed by atoms with Crippen LogP contribution in [0.3, 0.4) is 0 Å². The van der Waals surface area contributed by atoms with Crippen molar-refractivity contribution >= 4 is 22.7 Å². The van der Waals surface area contributed by atoms with E-state index in [0.717, 1.165) is 13.2 Å². The SMILES string of the molecule is COC(=O)C1=CCC(C(F)(F)F)=CN=C1Cl. The summed E-state index contributed by atoms with van der Waals surface area (Å²) in [5.74, 6) is -0.814. The molecule has 0 spiro atoms. The number of carbonyl (C=O) groups is 1. The molecule has 1 rings (SSSR count). The van der Waals surface area contributed by atoms with Crippen LogP contribution in [0.4, 0.5) is 13.2 Å². The Balaban J connectivity index is 3.02. The fourth-order valence-electron chi connectivity index (χ4n) is 1.02. The van der Waals surface area contributed by atoms with Crippen molar-refractivity contribution in [3.05, 3.63) is 23.4 Å². The van der Waals surface area contributed by atoms with E-state index in [1.807, 2.05) is 0 Å². The average molecular weight is 254 g/mol. The fraction of sp³-hybridized carbons (Fsp3) is 0.333. The molecule has 1 heterocycles. The van der Waals surface area contributed by atoms with Crippen LogP contribution in [0.15, 0.2) is 28.4 Å². The van der Waals surface area contributed by atoms with Gasteiger partial charge < -0.3 is 4.74 Å². The molecule has 0 aromatic heterocycles. The normalized spacial score (nSPS) is 16.9. The molecule has 88 valence electrons. The van der Waals surface area contributed by atoms with Crippen LogP contribution in [0.5, 0.6) is 0 Å². The summed E-state index contributed by atoms with van der Waals surface area (Å²) in [5.41, 5.74) is -1.04. The minimum absolute atomic E-state index is 0.167. The van der Waals surface area contributed by atoms with Gasteiger partial charge in [-0.1, -0.05) is 17.7 Å². The van der Waals surface area contributed by atoms with Gasteiger partial charge in [0.05, 0.1) is 18.3 Å². The van der Waals surface area contributed by atoms with Crippen molar-refractivity contribution in [3.8, 4) is 0 Å². The zero-order valence-electron chi connectivity index (χ0n) is 8.14. The lowest BCUT2D eigenvalue weighted by Gasteiger charge is -2.07. The summed E-state index contributed by atoms with van der Waals surface area (Å²) in [5, 5.41) is -0.314. The second kappa shape index (κ2) is 4.69. The van der Waals surface area contributed by atoms with E-state index in [0.29, 0.717) is 6.20 Å². The van der Waals surface area contributed by atoms with Crippen molar-refractivity contribution in [2.24, 2.45) is 4.99 Å². The van der Waals surface area contributed by atoms with Gasteiger partial charge in [-0.15, -0.1) is 0 Å². The Kier molecular flexibility index (Phi) is 3.74. The number of esters is 1. The smallest absolute Gasteiger partial charge is 0.414 e. The fourth-order valence-corrected chi connectivity index (χ4v) is 1.22. The summed E-state index contributed by atoms with van der Waals surface area (Å²) in [6, 6.07) is 0. The first-order valence-corrected chi connectivity index (χ1v) is 4.52. The Morgan fingerprint density at radius 1 is 1.56 bits per heavy atom. The van der Waals surface area contributed by atoms with Gasteiger partial charge in [-0.3, -0.25) is 0 Å². The molecule has 0 saturated carbocycles. The van der Waals surface area contributed by atoms with Gasteiger partial charge in [-0.05, 0) is 6.42 Å². The van der Waals surface area contributed by atoms with Crippen LogP contribution < -0.4 is 0 Å². The number of allylic oxidation sites excluding steroid dienone is 2. The van der Waals surface area contributed by atoms with E-state index in [1.165, 1.54) is 0 Å². The molecule has 1 aliphatic rings.